The van der Waals surface area contributed by atoms with Crippen molar-refractivity contribution in [3.63, 3.8) is 0 Å². The third-order valence-electron chi connectivity index (χ3n) is 3.51. The molecule has 3 aromatic rings. The Kier molecular flexibility index (Phi) is 3.39. The van der Waals surface area contributed by atoms with Gasteiger partial charge in [0.25, 0.3) is 5.91 Å². The van der Waals surface area contributed by atoms with Gasteiger partial charge < -0.3 is 5.32 Å². The highest BCUT2D eigenvalue weighted by atomic mass is 16.1. The van der Waals surface area contributed by atoms with E-state index in [1.165, 1.54) is 0 Å². The highest BCUT2D eigenvalue weighted by molar-refractivity contribution is 5.97. The average molecular weight is 284 g/mol. The van der Waals surface area contributed by atoms with Gasteiger partial charge in [-0.2, -0.15) is 20.5 Å². The van der Waals surface area contributed by atoms with Crippen LogP contribution in [0.5, 0.6) is 0 Å². The highest BCUT2D eigenvalue weighted by Crippen LogP contribution is 2.17. The second-order valence-corrected chi connectivity index (χ2v) is 4.84. The quantitative estimate of drug-likeness (QED) is 0.761. The van der Waals surface area contributed by atoms with Crippen molar-refractivity contribution < 1.29 is 4.79 Å². The van der Waals surface area contributed by atoms with E-state index in [1.807, 2.05) is 20.0 Å². The standard InChI is InChI=1S/C14H16N6O/c1-3-10(13-6-7-15-20(13)2)16-14(21)9-4-5-11-12(8-9)18-19-17-11/h4-8,10H,3H2,1-2H3,(H,16,21)(H,17,18,19)/t10-/m0/s1. The highest BCUT2D eigenvalue weighted by Gasteiger charge is 2.17. The van der Waals surface area contributed by atoms with Crippen LogP contribution >= 0.6 is 0 Å². The van der Waals surface area contributed by atoms with E-state index in [0.29, 0.717) is 11.1 Å². The molecule has 108 valence electrons. The van der Waals surface area contributed by atoms with Crippen LogP contribution in [-0.4, -0.2) is 31.1 Å². The van der Waals surface area contributed by atoms with E-state index in [-0.39, 0.29) is 11.9 Å². The number of carbonyl (C=O) groups is 1. The number of hydrogen-bond donors (Lipinski definition) is 2. The van der Waals surface area contributed by atoms with Crippen molar-refractivity contribution in [2.75, 3.05) is 0 Å². The Labute approximate surface area is 121 Å². The summed E-state index contributed by atoms with van der Waals surface area (Å²) in [4.78, 5) is 12.4. The molecule has 0 spiro atoms. The molecule has 0 saturated carbocycles. The molecular weight excluding hydrogens is 268 g/mol. The zero-order valence-corrected chi connectivity index (χ0v) is 11.9. The summed E-state index contributed by atoms with van der Waals surface area (Å²) in [5, 5.41) is 17.7. The molecule has 0 bridgehead atoms. The lowest BCUT2D eigenvalue weighted by molar-refractivity contribution is 0.0934. The van der Waals surface area contributed by atoms with Gasteiger partial charge in [0.2, 0.25) is 0 Å². The Morgan fingerprint density at radius 3 is 2.86 bits per heavy atom. The van der Waals surface area contributed by atoms with Crippen molar-refractivity contribution in [3.05, 3.63) is 41.7 Å². The van der Waals surface area contributed by atoms with Crippen LogP contribution in [0.25, 0.3) is 11.0 Å². The normalized spacial score (nSPS) is 12.5. The minimum absolute atomic E-state index is 0.0713. The van der Waals surface area contributed by atoms with Crippen molar-refractivity contribution >= 4 is 16.9 Å². The third kappa shape index (κ3) is 2.49. The Morgan fingerprint density at radius 1 is 1.33 bits per heavy atom. The molecule has 7 heteroatoms. The number of benzene rings is 1. The SMILES string of the molecule is CC[C@H](NC(=O)c1ccc2n[nH]nc2c1)c1ccnn1C. The number of hydrogen-bond acceptors (Lipinski definition) is 4. The molecule has 2 heterocycles. The number of carbonyl (C=O) groups excluding carboxylic acids is 1. The first-order valence-corrected chi connectivity index (χ1v) is 6.78. The fourth-order valence-electron chi connectivity index (χ4n) is 2.33. The predicted molar refractivity (Wildman–Crippen MR) is 77.6 cm³/mol. The number of nitrogens with one attached hydrogen (secondary N) is 2. The zero-order valence-electron chi connectivity index (χ0n) is 11.9. The lowest BCUT2D eigenvalue weighted by Crippen LogP contribution is -2.29. The smallest absolute Gasteiger partial charge is 0.251 e. The molecule has 1 amide bonds. The van der Waals surface area contributed by atoms with E-state index in [4.69, 9.17) is 0 Å². The summed E-state index contributed by atoms with van der Waals surface area (Å²) >= 11 is 0. The van der Waals surface area contributed by atoms with Gasteiger partial charge in [-0.1, -0.05) is 6.92 Å². The lowest BCUT2D eigenvalue weighted by atomic mass is 10.1. The fourth-order valence-corrected chi connectivity index (χ4v) is 2.33. The molecule has 0 aliphatic heterocycles. The van der Waals surface area contributed by atoms with E-state index in [1.54, 1.807) is 29.1 Å². The maximum atomic E-state index is 12.4. The van der Waals surface area contributed by atoms with Gasteiger partial charge in [0.1, 0.15) is 11.0 Å². The Bertz CT molecular complexity index is 774. The van der Waals surface area contributed by atoms with Gasteiger partial charge >= 0.3 is 0 Å². The largest absolute Gasteiger partial charge is 0.344 e. The number of rotatable bonds is 4. The number of aromatic amines is 1. The summed E-state index contributed by atoms with van der Waals surface area (Å²) in [5.74, 6) is -0.132. The molecule has 0 radical (unpaired) electrons. The number of nitrogens with zero attached hydrogens (tertiary/aromatic N) is 4. The van der Waals surface area contributed by atoms with Crippen molar-refractivity contribution in [2.45, 2.75) is 19.4 Å². The second kappa shape index (κ2) is 5.35. The summed E-state index contributed by atoms with van der Waals surface area (Å²) < 4.78 is 1.77. The van der Waals surface area contributed by atoms with Crippen molar-refractivity contribution in [1.29, 1.82) is 0 Å². The second-order valence-electron chi connectivity index (χ2n) is 4.84. The molecule has 0 aliphatic rings. The lowest BCUT2D eigenvalue weighted by Gasteiger charge is -2.17. The molecule has 0 fully saturated rings. The van der Waals surface area contributed by atoms with Crippen molar-refractivity contribution in [1.82, 2.24) is 30.5 Å². The van der Waals surface area contributed by atoms with Crippen LogP contribution in [0.15, 0.2) is 30.5 Å². The third-order valence-corrected chi connectivity index (χ3v) is 3.51. The first-order chi connectivity index (χ1) is 10.2. The van der Waals surface area contributed by atoms with E-state index in [9.17, 15) is 4.79 Å². The molecular formula is C14H16N6O. The molecule has 0 unspecified atom stereocenters. The van der Waals surface area contributed by atoms with Crippen LogP contribution in [0.4, 0.5) is 0 Å². The molecule has 3 rings (SSSR count). The van der Waals surface area contributed by atoms with Gasteiger partial charge in [0.05, 0.1) is 11.7 Å². The predicted octanol–water partition coefficient (Wildman–Crippen LogP) is 1.57. The first kappa shape index (κ1) is 13.3. The number of amides is 1. The molecule has 0 saturated heterocycles. The van der Waals surface area contributed by atoms with Gasteiger partial charge in [-0.15, -0.1) is 0 Å². The first-order valence-electron chi connectivity index (χ1n) is 6.78. The zero-order chi connectivity index (χ0) is 14.8. The Hall–Kier alpha value is -2.70. The molecule has 1 aromatic carbocycles. The summed E-state index contributed by atoms with van der Waals surface area (Å²) in [5.41, 5.74) is 2.96. The van der Waals surface area contributed by atoms with Gasteiger partial charge in [-0.3, -0.25) is 9.48 Å². The molecule has 0 aliphatic carbocycles. The average Bonchev–Trinajstić information content (AvgIpc) is 3.12. The van der Waals surface area contributed by atoms with E-state index in [2.05, 4.69) is 25.8 Å². The van der Waals surface area contributed by atoms with Crippen LogP contribution in [-0.2, 0) is 7.05 Å². The molecule has 21 heavy (non-hydrogen) atoms. The van der Waals surface area contributed by atoms with Crippen molar-refractivity contribution in [2.24, 2.45) is 7.05 Å². The van der Waals surface area contributed by atoms with Crippen LogP contribution in [0.1, 0.15) is 35.4 Å². The van der Waals surface area contributed by atoms with Crippen LogP contribution in [0.3, 0.4) is 0 Å². The molecule has 2 N–H and O–H groups in total. The fraction of sp³-hybridized carbons (Fsp3) is 0.286. The summed E-state index contributed by atoms with van der Waals surface area (Å²) in [7, 11) is 1.87. The maximum Gasteiger partial charge on any atom is 0.251 e. The molecule has 7 nitrogen and oxygen atoms in total. The Balaban J connectivity index is 1.82. The van der Waals surface area contributed by atoms with Crippen LogP contribution in [0, 0.1) is 0 Å². The Morgan fingerprint density at radius 2 is 2.14 bits per heavy atom. The van der Waals surface area contributed by atoms with Gasteiger partial charge in [0.15, 0.2) is 0 Å². The van der Waals surface area contributed by atoms with Gasteiger partial charge in [0, 0.05) is 18.8 Å². The number of aromatic nitrogens is 5. The summed E-state index contributed by atoms with van der Waals surface area (Å²) in [6.45, 7) is 2.03. The van der Waals surface area contributed by atoms with Crippen molar-refractivity contribution in [3.8, 4) is 0 Å². The van der Waals surface area contributed by atoms with E-state index < -0.39 is 0 Å². The topological polar surface area (TPSA) is 88.5 Å². The summed E-state index contributed by atoms with van der Waals surface area (Å²) in [6, 6.07) is 7.09. The van der Waals surface area contributed by atoms with E-state index >= 15 is 0 Å². The molecule has 2 aromatic heterocycles. The monoisotopic (exact) mass is 284 g/mol. The van der Waals surface area contributed by atoms with E-state index in [0.717, 1.165) is 17.6 Å². The number of fused-ring (bicyclic) bond motifs is 1. The van der Waals surface area contributed by atoms with Gasteiger partial charge in [-0.05, 0) is 30.7 Å². The summed E-state index contributed by atoms with van der Waals surface area (Å²) in [6.07, 6.45) is 2.52. The number of H-pyrrole nitrogens is 1. The minimum atomic E-state index is -0.132. The molecule has 1 atom stereocenters. The minimum Gasteiger partial charge on any atom is -0.344 e. The van der Waals surface area contributed by atoms with Crippen LogP contribution < -0.4 is 5.32 Å². The van der Waals surface area contributed by atoms with Crippen LogP contribution in [0.2, 0.25) is 0 Å². The number of aryl methyl sites for hydroxylation is 1. The maximum absolute atomic E-state index is 12.4. The van der Waals surface area contributed by atoms with Gasteiger partial charge in [-0.25, -0.2) is 0 Å².